The molecule has 1 atom stereocenters. The molecule has 2 rings (SSSR count). The van der Waals surface area contributed by atoms with Gasteiger partial charge in [-0.15, -0.1) is 11.8 Å². The van der Waals surface area contributed by atoms with Gasteiger partial charge in [0.2, 0.25) is 0 Å². The molecular formula is C14H16BrClN2OS. The van der Waals surface area contributed by atoms with E-state index in [-0.39, 0.29) is 0 Å². The van der Waals surface area contributed by atoms with Gasteiger partial charge in [-0.1, -0.05) is 33.6 Å². The molecule has 0 aliphatic carbocycles. The molecule has 0 saturated heterocycles. The van der Waals surface area contributed by atoms with Crippen molar-refractivity contribution in [1.82, 2.24) is 9.78 Å². The van der Waals surface area contributed by atoms with E-state index in [9.17, 15) is 5.11 Å². The van der Waals surface area contributed by atoms with E-state index in [0.717, 1.165) is 20.8 Å². The molecule has 1 unspecified atom stereocenters. The van der Waals surface area contributed by atoms with Gasteiger partial charge in [0.05, 0.1) is 22.5 Å². The predicted octanol–water partition coefficient (Wildman–Crippen LogP) is 3.84. The van der Waals surface area contributed by atoms with Crippen molar-refractivity contribution in [3.63, 3.8) is 0 Å². The largest absolute Gasteiger partial charge is 0.392 e. The lowest BCUT2D eigenvalue weighted by Gasteiger charge is -2.11. The molecule has 20 heavy (non-hydrogen) atoms. The summed E-state index contributed by atoms with van der Waals surface area (Å²) in [6.45, 7) is 1.87. The summed E-state index contributed by atoms with van der Waals surface area (Å²) in [5.74, 6) is 0.622. The Kier molecular flexibility index (Phi) is 5.55. The zero-order valence-electron chi connectivity index (χ0n) is 11.3. The van der Waals surface area contributed by atoms with Crippen LogP contribution in [0.25, 0.3) is 0 Å². The van der Waals surface area contributed by atoms with Gasteiger partial charge in [-0.05, 0) is 25.1 Å². The third-order valence-corrected chi connectivity index (χ3v) is 5.05. The average Bonchev–Trinajstić information content (AvgIpc) is 2.63. The summed E-state index contributed by atoms with van der Waals surface area (Å²) in [5, 5.41) is 15.1. The number of hydrogen-bond donors (Lipinski definition) is 1. The topological polar surface area (TPSA) is 38.0 Å². The van der Waals surface area contributed by atoms with Gasteiger partial charge < -0.3 is 5.11 Å². The lowest BCUT2D eigenvalue weighted by atomic mass is 10.2. The van der Waals surface area contributed by atoms with Crippen molar-refractivity contribution in [2.75, 3.05) is 5.75 Å². The molecule has 0 spiro atoms. The summed E-state index contributed by atoms with van der Waals surface area (Å²) >= 11 is 11.3. The molecule has 0 aliphatic rings. The fraction of sp³-hybridized carbons (Fsp3) is 0.357. The highest BCUT2D eigenvalue weighted by Gasteiger charge is 2.15. The molecule has 108 valence electrons. The fourth-order valence-electron chi connectivity index (χ4n) is 1.93. The van der Waals surface area contributed by atoms with Gasteiger partial charge in [-0.25, -0.2) is 0 Å². The minimum absolute atomic E-state index is 0.453. The highest BCUT2D eigenvalue weighted by atomic mass is 79.9. The van der Waals surface area contributed by atoms with E-state index >= 15 is 0 Å². The second-order valence-corrected chi connectivity index (χ2v) is 6.98. The number of thioether (sulfide) groups is 1. The van der Waals surface area contributed by atoms with Gasteiger partial charge in [0.25, 0.3) is 0 Å². The number of rotatable bonds is 5. The van der Waals surface area contributed by atoms with Crippen LogP contribution in [0.15, 0.2) is 33.6 Å². The van der Waals surface area contributed by atoms with Gasteiger partial charge in [0.1, 0.15) is 0 Å². The first-order chi connectivity index (χ1) is 9.47. The molecular weight excluding hydrogens is 360 g/mol. The van der Waals surface area contributed by atoms with E-state index in [1.807, 2.05) is 38.2 Å². The molecule has 6 heteroatoms. The molecule has 1 N–H and O–H groups in total. The van der Waals surface area contributed by atoms with Crippen molar-refractivity contribution in [1.29, 1.82) is 0 Å². The van der Waals surface area contributed by atoms with Crippen molar-refractivity contribution in [3.05, 3.63) is 45.1 Å². The quantitative estimate of drug-likeness (QED) is 0.807. The molecule has 1 aromatic heterocycles. The van der Waals surface area contributed by atoms with Crippen LogP contribution in [0, 0.1) is 6.92 Å². The van der Waals surface area contributed by atoms with Crippen LogP contribution in [0.2, 0.25) is 5.02 Å². The van der Waals surface area contributed by atoms with Gasteiger partial charge in [-0.3, -0.25) is 4.68 Å². The summed E-state index contributed by atoms with van der Waals surface area (Å²) in [7, 11) is 1.85. The molecule has 0 bridgehead atoms. The molecule has 3 nitrogen and oxygen atoms in total. The van der Waals surface area contributed by atoms with Crippen molar-refractivity contribution in [2.45, 2.75) is 24.3 Å². The summed E-state index contributed by atoms with van der Waals surface area (Å²) in [6.07, 6.45) is 0.0586. The van der Waals surface area contributed by atoms with Crippen LogP contribution in [0.1, 0.15) is 11.4 Å². The maximum absolute atomic E-state index is 10.2. The molecule has 0 aliphatic heterocycles. The van der Waals surface area contributed by atoms with Crippen LogP contribution in [0.3, 0.4) is 0 Å². The number of aliphatic hydroxyl groups is 1. The molecule has 0 amide bonds. The van der Waals surface area contributed by atoms with Crippen molar-refractivity contribution < 1.29 is 5.11 Å². The van der Waals surface area contributed by atoms with Gasteiger partial charge in [-0.2, -0.15) is 5.10 Å². The van der Waals surface area contributed by atoms with Crippen molar-refractivity contribution in [3.8, 4) is 0 Å². The van der Waals surface area contributed by atoms with E-state index in [2.05, 4.69) is 21.0 Å². The van der Waals surface area contributed by atoms with Crippen LogP contribution >= 0.6 is 39.3 Å². The Morgan fingerprint density at radius 2 is 2.25 bits per heavy atom. The summed E-state index contributed by atoms with van der Waals surface area (Å²) in [6, 6.07) is 8.04. The maximum Gasteiger partial charge on any atom is 0.0847 e. The first kappa shape index (κ1) is 15.9. The minimum atomic E-state index is -0.453. The number of aliphatic hydroxyl groups excluding tert-OH is 1. The van der Waals surface area contributed by atoms with Crippen LogP contribution in [-0.4, -0.2) is 26.7 Å². The van der Waals surface area contributed by atoms with Crippen LogP contribution in [-0.2, 0) is 13.5 Å². The number of nitrogens with zero attached hydrogens (tertiary/aromatic N) is 2. The van der Waals surface area contributed by atoms with Gasteiger partial charge >= 0.3 is 0 Å². The Balaban J connectivity index is 1.94. The fourth-order valence-corrected chi connectivity index (χ4v) is 3.61. The molecule has 2 aromatic rings. The lowest BCUT2D eigenvalue weighted by molar-refractivity contribution is 0.197. The van der Waals surface area contributed by atoms with E-state index in [4.69, 9.17) is 11.6 Å². The SMILES string of the molecule is Cc1nn(C)c(CC(O)CSc2cccc(Br)c2)c1Cl. The zero-order chi connectivity index (χ0) is 14.7. The summed E-state index contributed by atoms with van der Waals surface area (Å²) in [4.78, 5) is 1.13. The van der Waals surface area contributed by atoms with Crippen molar-refractivity contribution >= 4 is 39.3 Å². The standard InChI is InChI=1S/C14H16BrClN2OS/c1-9-14(16)13(18(2)17-9)7-11(19)8-20-12-5-3-4-10(15)6-12/h3-6,11,19H,7-8H2,1-2H3. The first-order valence-electron chi connectivity index (χ1n) is 6.21. The molecule has 0 saturated carbocycles. The smallest absolute Gasteiger partial charge is 0.0847 e. The Labute approximate surface area is 136 Å². The third-order valence-electron chi connectivity index (χ3n) is 2.93. The number of aryl methyl sites for hydroxylation is 2. The monoisotopic (exact) mass is 374 g/mol. The van der Waals surface area contributed by atoms with E-state index in [0.29, 0.717) is 17.2 Å². The third kappa shape index (κ3) is 4.01. The molecule has 0 fully saturated rings. The van der Waals surface area contributed by atoms with E-state index < -0.39 is 6.10 Å². The highest BCUT2D eigenvalue weighted by Crippen LogP contribution is 2.25. The Morgan fingerprint density at radius 3 is 2.85 bits per heavy atom. The van der Waals surface area contributed by atoms with Gasteiger partial charge in [0, 0.05) is 28.6 Å². The number of hydrogen-bond acceptors (Lipinski definition) is 3. The minimum Gasteiger partial charge on any atom is -0.392 e. The van der Waals surface area contributed by atoms with Crippen LogP contribution in [0.5, 0.6) is 0 Å². The summed E-state index contributed by atoms with van der Waals surface area (Å²) < 4.78 is 2.78. The zero-order valence-corrected chi connectivity index (χ0v) is 14.5. The molecule has 0 radical (unpaired) electrons. The van der Waals surface area contributed by atoms with Gasteiger partial charge in [0.15, 0.2) is 0 Å². The Bertz CT molecular complexity index is 603. The second kappa shape index (κ2) is 6.98. The van der Waals surface area contributed by atoms with Crippen LogP contribution < -0.4 is 0 Å². The van der Waals surface area contributed by atoms with E-state index in [1.54, 1.807) is 16.4 Å². The Hall–Kier alpha value is -0.490. The Morgan fingerprint density at radius 1 is 1.50 bits per heavy atom. The number of halogens is 2. The number of aromatic nitrogens is 2. The molecule has 1 aromatic carbocycles. The first-order valence-corrected chi connectivity index (χ1v) is 8.37. The average molecular weight is 376 g/mol. The second-order valence-electron chi connectivity index (χ2n) is 4.60. The highest BCUT2D eigenvalue weighted by molar-refractivity contribution is 9.10. The summed E-state index contributed by atoms with van der Waals surface area (Å²) in [5.41, 5.74) is 1.68. The number of benzene rings is 1. The normalized spacial score (nSPS) is 12.7. The van der Waals surface area contributed by atoms with Crippen LogP contribution in [0.4, 0.5) is 0 Å². The lowest BCUT2D eigenvalue weighted by Crippen LogP contribution is -2.16. The van der Waals surface area contributed by atoms with E-state index in [1.165, 1.54) is 0 Å². The molecule has 1 heterocycles. The predicted molar refractivity (Wildman–Crippen MR) is 87.5 cm³/mol. The maximum atomic E-state index is 10.2. The van der Waals surface area contributed by atoms with Crippen molar-refractivity contribution in [2.24, 2.45) is 7.05 Å².